The zero-order valence-electron chi connectivity index (χ0n) is 8.81. The predicted octanol–water partition coefficient (Wildman–Crippen LogP) is 3.12. The van der Waals surface area contributed by atoms with Crippen molar-refractivity contribution in [1.82, 2.24) is 0 Å². The number of hydrogen-bond acceptors (Lipinski definition) is 4. The van der Waals surface area contributed by atoms with Gasteiger partial charge in [0.25, 0.3) is 0 Å². The van der Waals surface area contributed by atoms with Gasteiger partial charge in [-0.25, -0.2) is 0 Å². The van der Waals surface area contributed by atoms with Gasteiger partial charge in [-0.05, 0) is 35.2 Å². The minimum absolute atomic E-state index is 0.342. The van der Waals surface area contributed by atoms with Crippen LogP contribution in [-0.4, -0.2) is 0 Å². The molecule has 0 aliphatic heterocycles. The quantitative estimate of drug-likeness (QED) is 0.778. The van der Waals surface area contributed by atoms with Crippen LogP contribution in [0.1, 0.15) is 31.2 Å². The van der Waals surface area contributed by atoms with Crippen LogP contribution in [0.25, 0.3) is 0 Å². The number of nitrogens with zero attached hydrogens (tertiary/aromatic N) is 3. The van der Waals surface area contributed by atoms with Gasteiger partial charge >= 0.3 is 0 Å². The van der Waals surface area contributed by atoms with Crippen LogP contribution < -0.4 is 0 Å². The van der Waals surface area contributed by atoms with Crippen LogP contribution in [0, 0.1) is 34.0 Å². The molecule has 0 spiro atoms. The van der Waals surface area contributed by atoms with Gasteiger partial charge in [-0.1, -0.05) is 0 Å². The zero-order chi connectivity index (χ0) is 11.9. The molecule has 0 amide bonds. The van der Waals surface area contributed by atoms with E-state index in [4.69, 9.17) is 10.5 Å². The lowest BCUT2D eigenvalue weighted by Crippen LogP contribution is -2.23. The minimum atomic E-state index is -0.661. The molecule has 1 aromatic rings. The topological polar surface area (TPSA) is 71.4 Å². The van der Waals surface area contributed by atoms with E-state index in [-0.39, 0.29) is 0 Å². The Bertz CT molecular complexity index is 424. The van der Waals surface area contributed by atoms with E-state index in [9.17, 15) is 5.26 Å². The fraction of sp³-hybridized carbons (Fsp3) is 0.417. The van der Waals surface area contributed by atoms with Gasteiger partial charge in [-0.15, -0.1) is 0 Å². The Morgan fingerprint density at radius 2 is 1.75 bits per heavy atom. The third kappa shape index (κ3) is 2.60. The molecule has 0 aliphatic carbocycles. The van der Waals surface area contributed by atoms with Crippen molar-refractivity contribution in [2.45, 2.75) is 31.1 Å². The van der Waals surface area contributed by atoms with Crippen LogP contribution in [0.15, 0.2) is 16.8 Å². The van der Waals surface area contributed by atoms with E-state index in [1.165, 1.54) is 11.3 Å². The van der Waals surface area contributed by atoms with Crippen LogP contribution in [0.2, 0.25) is 0 Å². The van der Waals surface area contributed by atoms with E-state index >= 15 is 0 Å². The lowest BCUT2D eigenvalue weighted by atomic mass is 9.76. The molecule has 0 aromatic carbocycles. The van der Waals surface area contributed by atoms with Gasteiger partial charge in [0.1, 0.15) is 0 Å². The van der Waals surface area contributed by atoms with Crippen LogP contribution in [0.3, 0.4) is 0 Å². The SMILES string of the molecule is N#CCCC(C#N)(CCC#N)c1ccsc1. The summed E-state index contributed by atoms with van der Waals surface area (Å²) in [4.78, 5) is 0. The van der Waals surface area contributed by atoms with Crippen LogP contribution in [0.5, 0.6) is 0 Å². The summed E-state index contributed by atoms with van der Waals surface area (Å²) in [6.07, 6.45) is 1.68. The molecular formula is C12H11N3S. The molecule has 0 atom stereocenters. The smallest absolute Gasteiger partial charge is 0.0850 e. The first-order chi connectivity index (χ1) is 7.79. The Hall–Kier alpha value is -1.83. The molecule has 4 heteroatoms. The van der Waals surface area contributed by atoms with E-state index in [2.05, 4.69) is 18.2 Å². The second kappa shape index (κ2) is 5.91. The van der Waals surface area contributed by atoms with Gasteiger partial charge < -0.3 is 0 Å². The number of hydrogen-bond donors (Lipinski definition) is 0. The first-order valence-electron chi connectivity index (χ1n) is 4.97. The number of thiophene rings is 1. The third-order valence-electron chi connectivity index (χ3n) is 2.61. The van der Waals surface area contributed by atoms with Crippen molar-refractivity contribution in [2.24, 2.45) is 0 Å². The summed E-state index contributed by atoms with van der Waals surface area (Å²) in [6.45, 7) is 0. The van der Waals surface area contributed by atoms with Gasteiger partial charge in [-0.2, -0.15) is 27.1 Å². The summed E-state index contributed by atoms with van der Waals surface area (Å²) < 4.78 is 0. The van der Waals surface area contributed by atoms with E-state index < -0.39 is 5.41 Å². The van der Waals surface area contributed by atoms with Crippen LogP contribution >= 0.6 is 11.3 Å². The number of nitriles is 3. The molecule has 0 aliphatic rings. The standard InChI is InChI=1S/C12H11N3S/c13-6-1-4-12(10-15,5-2-7-14)11-3-8-16-9-11/h3,8-9H,1-2,4-5H2. The molecule has 0 saturated carbocycles. The normalized spacial score (nSPS) is 10.1. The monoisotopic (exact) mass is 229 g/mol. The van der Waals surface area contributed by atoms with Gasteiger partial charge in [0.05, 0.1) is 23.6 Å². The third-order valence-corrected chi connectivity index (χ3v) is 3.30. The van der Waals surface area contributed by atoms with E-state index in [1.807, 2.05) is 16.8 Å². The van der Waals surface area contributed by atoms with Crippen LogP contribution in [0.4, 0.5) is 0 Å². The minimum Gasteiger partial charge on any atom is -0.198 e. The summed E-state index contributed by atoms with van der Waals surface area (Å²) in [6, 6.07) is 8.33. The lowest BCUT2D eigenvalue weighted by Gasteiger charge is -2.23. The van der Waals surface area contributed by atoms with Crippen molar-refractivity contribution in [2.75, 3.05) is 0 Å². The molecule has 0 fully saturated rings. The van der Waals surface area contributed by atoms with Crippen molar-refractivity contribution in [3.05, 3.63) is 22.4 Å². The highest BCUT2D eigenvalue weighted by Crippen LogP contribution is 2.34. The van der Waals surface area contributed by atoms with Gasteiger partial charge in [0.2, 0.25) is 0 Å². The molecule has 80 valence electrons. The largest absolute Gasteiger partial charge is 0.198 e. The molecular weight excluding hydrogens is 218 g/mol. The molecule has 1 heterocycles. The average Bonchev–Trinajstić information content (AvgIpc) is 2.84. The molecule has 0 unspecified atom stereocenters. The zero-order valence-corrected chi connectivity index (χ0v) is 9.63. The maximum absolute atomic E-state index is 9.34. The van der Waals surface area contributed by atoms with Gasteiger partial charge in [-0.3, -0.25) is 0 Å². The summed E-state index contributed by atoms with van der Waals surface area (Å²) in [7, 11) is 0. The average molecular weight is 229 g/mol. The summed E-state index contributed by atoms with van der Waals surface area (Å²) in [5.74, 6) is 0. The first-order valence-corrected chi connectivity index (χ1v) is 5.91. The maximum Gasteiger partial charge on any atom is 0.0850 e. The molecule has 3 nitrogen and oxygen atoms in total. The van der Waals surface area contributed by atoms with Crippen molar-refractivity contribution < 1.29 is 0 Å². The summed E-state index contributed by atoms with van der Waals surface area (Å²) in [5, 5.41) is 30.4. The highest BCUT2D eigenvalue weighted by Gasteiger charge is 2.31. The molecule has 0 saturated heterocycles. The molecule has 1 aromatic heterocycles. The Morgan fingerprint density at radius 3 is 2.12 bits per heavy atom. The second-order valence-corrected chi connectivity index (χ2v) is 4.30. The number of rotatable bonds is 5. The lowest BCUT2D eigenvalue weighted by molar-refractivity contribution is 0.478. The van der Waals surface area contributed by atoms with Gasteiger partial charge in [0, 0.05) is 12.8 Å². The molecule has 1 rings (SSSR count). The van der Waals surface area contributed by atoms with Crippen molar-refractivity contribution in [3.8, 4) is 18.2 Å². The van der Waals surface area contributed by atoms with E-state index in [0.717, 1.165) is 5.56 Å². The Balaban J connectivity index is 2.96. The molecule has 16 heavy (non-hydrogen) atoms. The highest BCUT2D eigenvalue weighted by atomic mass is 32.1. The van der Waals surface area contributed by atoms with Crippen molar-refractivity contribution in [1.29, 1.82) is 15.8 Å². The highest BCUT2D eigenvalue weighted by molar-refractivity contribution is 7.08. The van der Waals surface area contributed by atoms with Gasteiger partial charge in [0.15, 0.2) is 0 Å². The Labute approximate surface area is 99.2 Å². The van der Waals surface area contributed by atoms with Crippen molar-refractivity contribution >= 4 is 11.3 Å². The van der Waals surface area contributed by atoms with E-state index in [0.29, 0.717) is 25.7 Å². The Morgan fingerprint density at radius 1 is 1.12 bits per heavy atom. The Kier molecular flexibility index (Phi) is 4.52. The predicted molar refractivity (Wildman–Crippen MR) is 61.3 cm³/mol. The maximum atomic E-state index is 9.34. The second-order valence-electron chi connectivity index (χ2n) is 3.52. The summed E-state index contributed by atoms with van der Waals surface area (Å²) >= 11 is 1.53. The molecule has 0 N–H and O–H groups in total. The fourth-order valence-electron chi connectivity index (χ4n) is 1.67. The first kappa shape index (κ1) is 12.2. The van der Waals surface area contributed by atoms with Crippen molar-refractivity contribution in [3.63, 3.8) is 0 Å². The van der Waals surface area contributed by atoms with E-state index in [1.54, 1.807) is 0 Å². The summed E-state index contributed by atoms with van der Waals surface area (Å²) in [5.41, 5.74) is 0.274. The fourth-order valence-corrected chi connectivity index (χ4v) is 2.42. The molecule has 0 radical (unpaired) electrons. The van der Waals surface area contributed by atoms with Crippen LogP contribution in [-0.2, 0) is 5.41 Å². The molecule has 0 bridgehead atoms.